The van der Waals surface area contributed by atoms with Gasteiger partial charge in [-0.15, -0.1) is 0 Å². The van der Waals surface area contributed by atoms with Crippen molar-refractivity contribution < 1.29 is 0 Å². The monoisotopic (exact) mass is 290 g/mol. The predicted octanol–water partition coefficient (Wildman–Crippen LogP) is 1.54. The maximum atomic E-state index is 6.28. The lowest BCUT2D eigenvalue weighted by molar-refractivity contribution is 0.526. The largest absolute Gasteiger partial charge is 0.327 e. The van der Waals surface area contributed by atoms with Gasteiger partial charge in [-0.05, 0) is 38.7 Å². The average molecular weight is 290 g/mol. The molecule has 0 aromatic carbocycles. The minimum atomic E-state index is 0.101. The van der Waals surface area contributed by atoms with Crippen LogP contribution in [0.15, 0.2) is 6.33 Å². The zero-order valence-electron chi connectivity index (χ0n) is 13.5. The van der Waals surface area contributed by atoms with Gasteiger partial charge < -0.3 is 5.73 Å². The molecule has 0 amide bonds. The van der Waals surface area contributed by atoms with E-state index in [1.165, 1.54) is 11.3 Å². The van der Waals surface area contributed by atoms with Crippen molar-refractivity contribution in [2.24, 2.45) is 12.8 Å². The van der Waals surface area contributed by atoms with Gasteiger partial charge in [-0.25, -0.2) is 4.98 Å². The van der Waals surface area contributed by atoms with Gasteiger partial charge in [0.05, 0.1) is 5.69 Å². The second-order valence-corrected chi connectivity index (χ2v) is 5.68. The molecule has 2 aromatic rings. The molecule has 0 aliphatic rings. The van der Waals surface area contributed by atoms with E-state index < -0.39 is 0 Å². The van der Waals surface area contributed by atoms with Crippen LogP contribution < -0.4 is 5.73 Å². The molecule has 0 saturated carbocycles. The molecule has 0 radical (unpaired) electrons. The molecule has 2 heterocycles. The highest BCUT2D eigenvalue weighted by molar-refractivity contribution is 5.24. The standard InChI is InChI=1S/C15H26N6/c1-5-8-21-15(17-10-18-21)9-13(16)6-7-14-11(2)19-20(4)12(14)3/h10,13H,5-9,16H2,1-4H3. The van der Waals surface area contributed by atoms with Gasteiger partial charge in [-0.2, -0.15) is 10.2 Å². The van der Waals surface area contributed by atoms with E-state index in [1.807, 2.05) is 16.4 Å². The van der Waals surface area contributed by atoms with E-state index >= 15 is 0 Å². The molecular formula is C15H26N6. The van der Waals surface area contributed by atoms with Crippen molar-refractivity contribution in [1.29, 1.82) is 0 Å². The first-order valence-corrected chi connectivity index (χ1v) is 7.64. The van der Waals surface area contributed by atoms with Crippen LogP contribution in [-0.2, 0) is 26.4 Å². The summed E-state index contributed by atoms with van der Waals surface area (Å²) in [5.74, 6) is 0.990. The summed E-state index contributed by atoms with van der Waals surface area (Å²) >= 11 is 0. The van der Waals surface area contributed by atoms with E-state index in [2.05, 4.69) is 36.0 Å². The van der Waals surface area contributed by atoms with Crippen LogP contribution in [0.4, 0.5) is 0 Å². The molecule has 2 rings (SSSR count). The SMILES string of the molecule is CCCn1ncnc1CC(N)CCc1c(C)nn(C)c1C. The molecule has 0 saturated heterocycles. The van der Waals surface area contributed by atoms with Crippen molar-refractivity contribution in [2.75, 3.05) is 0 Å². The second-order valence-electron chi connectivity index (χ2n) is 5.68. The third-order valence-corrected chi connectivity index (χ3v) is 4.00. The molecule has 2 N–H and O–H groups in total. The van der Waals surface area contributed by atoms with Crippen molar-refractivity contribution in [1.82, 2.24) is 24.5 Å². The summed E-state index contributed by atoms with van der Waals surface area (Å²) in [5, 5.41) is 8.70. The molecule has 0 aliphatic heterocycles. The van der Waals surface area contributed by atoms with E-state index in [-0.39, 0.29) is 6.04 Å². The molecule has 1 atom stereocenters. The normalized spacial score (nSPS) is 12.8. The van der Waals surface area contributed by atoms with Crippen molar-refractivity contribution in [3.05, 3.63) is 29.1 Å². The molecule has 21 heavy (non-hydrogen) atoms. The Kier molecular flexibility index (Phi) is 5.12. The summed E-state index contributed by atoms with van der Waals surface area (Å²) in [7, 11) is 1.99. The Morgan fingerprint density at radius 3 is 2.71 bits per heavy atom. The highest BCUT2D eigenvalue weighted by atomic mass is 15.3. The van der Waals surface area contributed by atoms with Crippen molar-refractivity contribution >= 4 is 0 Å². The van der Waals surface area contributed by atoms with Crippen molar-refractivity contribution in [3.63, 3.8) is 0 Å². The lowest BCUT2D eigenvalue weighted by Crippen LogP contribution is -2.25. The lowest BCUT2D eigenvalue weighted by atomic mass is 10.0. The zero-order valence-corrected chi connectivity index (χ0v) is 13.5. The topological polar surface area (TPSA) is 74.6 Å². The number of rotatable bonds is 7. The Morgan fingerprint density at radius 1 is 1.33 bits per heavy atom. The molecule has 0 bridgehead atoms. The van der Waals surface area contributed by atoms with Crippen LogP contribution in [0.5, 0.6) is 0 Å². The van der Waals surface area contributed by atoms with Crippen LogP contribution in [-0.4, -0.2) is 30.6 Å². The van der Waals surface area contributed by atoms with E-state index in [4.69, 9.17) is 5.73 Å². The Bertz CT molecular complexity index is 583. The molecule has 0 fully saturated rings. The molecule has 0 aliphatic carbocycles. The highest BCUT2D eigenvalue weighted by Crippen LogP contribution is 2.15. The van der Waals surface area contributed by atoms with Crippen LogP contribution in [0.2, 0.25) is 0 Å². The molecule has 6 heteroatoms. The van der Waals surface area contributed by atoms with Crippen LogP contribution in [0, 0.1) is 13.8 Å². The Labute approximate surface area is 126 Å². The van der Waals surface area contributed by atoms with Crippen LogP contribution >= 0.6 is 0 Å². The van der Waals surface area contributed by atoms with E-state index in [1.54, 1.807) is 6.33 Å². The van der Waals surface area contributed by atoms with Gasteiger partial charge in [0.1, 0.15) is 12.2 Å². The fourth-order valence-corrected chi connectivity index (χ4v) is 2.69. The van der Waals surface area contributed by atoms with E-state index in [9.17, 15) is 0 Å². The highest BCUT2D eigenvalue weighted by Gasteiger charge is 2.13. The van der Waals surface area contributed by atoms with E-state index in [0.29, 0.717) is 0 Å². The molecular weight excluding hydrogens is 264 g/mol. The average Bonchev–Trinajstić information content (AvgIpc) is 2.95. The fraction of sp³-hybridized carbons (Fsp3) is 0.667. The summed E-state index contributed by atoms with van der Waals surface area (Å²) in [4.78, 5) is 4.32. The second kappa shape index (κ2) is 6.85. The third kappa shape index (κ3) is 3.69. The van der Waals surface area contributed by atoms with Crippen LogP contribution in [0.3, 0.4) is 0 Å². The first kappa shape index (κ1) is 15.7. The number of hydrogen-bond acceptors (Lipinski definition) is 4. The Morgan fingerprint density at radius 2 is 2.10 bits per heavy atom. The van der Waals surface area contributed by atoms with Gasteiger partial charge in [-0.1, -0.05) is 6.92 Å². The lowest BCUT2D eigenvalue weighted by Gasteiger charge is -2.12. The maximum Gasteiger partial charge on any atom is 0.138 e. The number of nitrogens with zero attached hydrogens (tertiary/aromatic N) is 5. The fourth-order valence-electron chi connectivity index (χ4n) is 2.69. The van der Waals surface area contributed by atoms with Gasteiger partial charge in [0, 0.05) is 31.7 Å². The quantitative estimate of drug-likeness (QED) is 0.839. The maximum absolute atomic E-state index is 6.28. The summed E-state index contributed by atoms with van der Waals surface area (Å²) in [6, 6.07) is 0.101. The van der Waals surface area contributed by atoms with Gasteiger partial charge in [0.15, 0.2) is 0 Å². The first-order chi connectivity index (χ1) is 10.0. The number of nitrogens with two attached hydrogens (primary N) is 1. The summed E-state index contributed by atoms with van der Waals surface area (Å²) < 4.78 is 3.90. The molecule has 1 unspecified atom stereocenters. The van der Waals surface area contributed by atoms with E-state index in [0.717, 1.165) is 43.7 Å². The number of hydrogen-bond donors (Lipinski definition) is 1. The Hall–Kier alpha value is -1.69. The zero-order chi connectivity index (χ0) is 15.4. The Balaban J connectivity index is 1.93. The molecule has 116 valence electrons. The van der Waals surface area contributed by atoms with Gasteiger partial charge in [0.2, 0.25) is 0 Å². The number of aromatic nitrogens is 5. The van der Waals surface area contributed by atoms with Gasteiger partial charge in [0.25, 0.3) is 0 Å². The summed E-state index contributed by atoms with van der Waals surface area (Å²) in [6.07, 6.45) is 5.35. The van der Waals surface area contributed by atoms with Gasteiger partial charge in [-0.3, -0.25) is 9.36 Å². The molecule has 6 nitrogen and oxygen atoms in total. The van der Waals surface area contributed by atoms with Crippen LogP contribution in [0.1, 0.15) is 42.5 Å². The summed E-state index contributed by atoms with van der Waals surface area (Å²) in [6.45, 7) is 7.21. The van der Waals surface area contributed by atoms with Crippen molar-refractivity contribution in [3.8, 4) is 0 Å². The smallest absolute Gasteiger partial charge is 0.138 e. The van der Waals surface area contributed by atoms with Crippen LogP contribution in [0.25, 0.3) is 0 Å². The number of aryl methyl sites for hydroxylation is 3. The molecule has 2 aromatic heterocycles. The third-order valence-electron chi connectivity index (χ3n) is 4.00. The first-order valence-electron chi connectivity index (χ1n) is 7.64. The van der Waals surface area contributed by atoms with Gasteiger partial charge >= 0.3 is 0 Å². The predicted molar refractivity (Wildman–Crippen MR) is 83.0 cm³/mol. The minimum Gasteiger partial charge on any atom is -0.327 e. The summed E-state index contributed by atoms with van der Waals surface area (Å²) in [5.41, 5.74) is 9.94. The van der Waals surface area contributed by atoms with Crippen molar-refractivity contribution in [2.45, 2.75) is 59.0 Å². The molecule has 0 spiro atoms. The minimum absolute atomic E-state index is 0.101.